The van der Waals surface area contributed by atoms with Gasteiger partial charge in [0.1, 0.15) is 11.6 Å². The largest absolute Gasteiger partial charge is 0.256 e. The third kappa shape index (κ3) is 3.10. The van der Waals surface area contributed by atoms with Crippen molar-refractivity contribution >= 4 is 11.6 Å². The molecular weight excluding hydrogens is 316 g/mol. The van der Waals surface area contributed by atoms with E-state index >= 15 is 0 Å². The van der Waals surface area contributed by atoms with Crippen LogP contribution in [0, 0.1) is 25.5 Å². The molecule has 0 aliphatic carbocycles. The first kappa shape index (κ1) is 15.6. The van der Waals surface area contributed by atoms with E-state index in [0.717, 1.165) is 28.3 Å². The van der Waals surface area contributed by atoms with Gasteiger partial charge in [-0.2, -0.15) is 0 Å². The van der Waals surface area contributed by atoms with Gasteiger partial charge in [0.05, 0.1) is 5.69 Å². The van der Waals surface area contributed by atoms with Crippen LogP contribution >= 0.6 is 11.6 Å². The van der Waals surface area contributed by atoms with Gasteiger partial charge in [0, 0.05) is 28.4 Å². The molecule has 0 unspecified atom stereocenters. The Labute approximate surface area is 138 Å². The lowest BCUT2D eigenvalue weighted by atomic mass is 9.96. The summed E-state index contributed by atoms with van der Waals surface area (Å²) >= 11 is 6.06. The summed E-state index contributed by atoms with van der Waals surface area (Å²) in [7, 11) is 0. The summed E-state index contributed by atoms with van der Waals surface area (Å²) in [6.45, 7) is 3.98. The van der Waals surface area contributed by atoms with Crippen molar-refractivity contribution in [2.45, 2.75) is 13.8 Å². The third-order valence-electron chi connectivity index (χ3n) is 3.76. The summed E-state index contributed by atoms with van der Waals surface area (Å²) < 4.78 is 26.8. The number of halogens is 3. The fraction of sp³-hybridized carbons (Fsp3) is 0.105. The molecule has 3 rings (SSSR count). The van der Waals surface area contributed by atoms with Crippen LogP contribution < -0.4 is 0 Å². The standard InChI is InChI=1S/C19H14ClF2N/c1-11-7-14(20)8-12(2)19(11)13-3-6-18(23-10-13)16-5-4-15(21)9-17(16)22/h3-10H,1-2H3. The lowest BCUT2D eigenvalue weighted by Gasteiger charge is -2.11. The van der Waals surface area contributed by atoms with E-state index in [1.165, 1.54) is 12.1 Å². The third-order valence-corrected chi connectivity index (χ3v) is 3.97. The van der Waals surface area contributed by atoms with Crippen molar-refractivity contribution in [2.24, 2.45) is 0 Å². The van der Waals surface area contributed by atoms with Crippen LogP contribution in [0.4, 0.5) is 8.78 Å². The second-order valence-electron chi connectivity index (χ2n) is 5.47. The molecule has 0 spiro atoms. The van der Waals surface area contributed by atoms with Gasteiger partial charge >= 0.3 is 0 Å². The zero-order valence-corrected chi connectivity index (χ0v) is 13.5. The van der Waals surface area contributed by atoms with Gasteiger partial charge in [-0.15, -0.1) is 0 Å². The molecule has 0 aliphatic heterocycles. The molecular formula is C19H14ClF2N. The van der Waals surface area contributed by atoms with Gasteiger partial charge in [0.2, 0.25) is 0 Å². The number of hydrogen-bond donors (Lipinski definition) is 0. The van der Waals surface area contributed by atoms with Crippen LogP contribution in [0.2, 0.25) is 5.02 Å². The first-order chi connectivity index (χ1) is 11.0. The SMILES string of the molecule is Cc1cc(Cl)cc(C)c1-c1ccc(-c2ccc(F)cc2F)nc1. The highest BCUT2D eigenvalue weighted by Gasteiger charge is 2.10. The van der Waals surface area contributed by atoms with Crippen LogP contribution in [0.25, 0.3) is 22.4 Å². The number of hydrogen-bond acceptors (Lipinski definition) is 1. The molecule has 0 atom stereocenters. The summed E-state index contributed by atoms with van der Waals surface area (Å²) in [5.74, 6) is -1.22. The number of benzene rings is 2. The lowest BCUT2D eigenvalue weighted by molar-refractivity contribution is 0.585. The van der Waals surface area contributed by atoms with Crippen molar-refractivity contribution in [1.29, 1.82) is 0 Å². The van der Waals surface area contributed by atoms with Gasteiger partial charge in [-0.3, -0.25) is 4.98 Å². The molecule has 116 valence electrons. The minimum absolute atomic E-state index is 0.280. The van der Waals surface area contributed by atoms with Crippen molar-refractivity contribution in [3.8, 4) is 22.4 Å². The number of aryl methyl sites for hydroxylation is 2. The van der Waals surface area contributed by atoms with Crippen molar-refractivity contribution < 1.29 is 8.78 Å². The minimum Gasteiger partial charge on any atom is -0.256 e. The maximum absolute atomic E-state index is 13.8. The zero-order chi connectivity index (χ0) is 16.6. The molecule has 1 aromatic heterocycles. The maximum Gasteiger partial charge on any atom is 0.135 e. The summed E-state index contributed by atoms with van der Waals surface area (Å²) in [6, 6.07) is 10.9. The summed E-state index contributed by atoms with van der Waals surface area (Å²) in [4.78, 5) is 4.33. The normalized spacial score (nSPS) is 10.8. The Bertz CT molecular complexity index is 850. The Hall–Kier alpha value is -2.26. The fourth-order valence-electron chi connectivity index (χ4n) is 2.76. The predicted octanol–water partition coefficient (Wildman–Crippen LogP) is 5.96. The Morgan fingerprint density at radius 1 is 0.913 bits per heavy atom. The highest BCUT2D eigenvalue weighted by molar-refractivity contribution is 6.30. The summed E-state index contributed by atoms with van der Waals surface area (Å²) in [5.41, 5.74) is 4.85. The zero-order valence-electron chi connectivity index (χ0n) is 12.7. The van der Waals surface area contributed by atoms with Gasteiger partial charge in [-0.25, -0.2) is 8.78 Å². The van der Waals surface area contributed by atoms with E-state index in [0.29, 0.717) is 10.7 Å². The predicted molar refractivity (Wildman–Crippen MR) is 89.5 cm³/mol. The Morgan fingerprint density at radius 2 is 1.61 bits per heavy atom. The Balaban J connectivity index is 2.03. The molecule has 2 aromatic carbocycles. The number of rotatable bonds is 2. The fourth-order valence-corrected chi connectivity index (χ4v) is 3.09. The van der Waals surface area contributed by atoms with E-state index < -0.39 is 11.6 Å². The molecule has 0 radical (unpaired) electrons. The van der Waals surface area contributed by atoms with Crippen LogP contribution in [0.1, 0.15) is 11.1 Å². The van der Waals surface area contributed by atoms with Gasteiger partial charge in [0.25, 0.3) is 0 Å². The molecule has 0 fully saturated rings. The monoisotopic (exact) mass is 329 g/mol. The highest BCUT2D eigenvalue weighted by Crippen LogP contribution is 2.31. The van der Waals surface area contributed by atoms with Crippen LogP contribution in [-0.4, -0.2) is 4.98 Å². The molecule has 4 heteroatoms. The second-order valence-corrected chi connectivity index (χ2v) is 5.91. The quantitative estimate of drug-likeness (QED) is 0.565. The number of nitrogens with zero attached hydrogens (tertiary/aromatic N) is 1. The van der Waals surface area contributed by atoms with Gasteiger partial charge < -0.3 is 0 Å². The molecule has 0 aliphatic rings. The molecule has 0 saturated carbocycles. The van der Waals surface area contributed by atoms with Crippen LogP contribution in [0.3, 0.4) is 0 Å². The molecule has 0 saturated heterocycles. The topological polar surface area (TPSA) is 12.9 Å². The van der Waals surface area contributed by atoms with E-state index in [1.54, 1.807) is 12.3 Å². The van der Waals surface area contributed by atoms with Gasteiger partial charge in [-0.05, 0) is 60.9 Å². The molecule has 1 nitrogen and oxygen atoms in total. The van der Waals surface area contributed by atoms with Gasteiger partial charge in [0.15, 0.2) is 0 Å². The smallest absolute Gasteiger partial charge is 0.135 e. The molecule has 0 amide bonds. The maximum atomic E-state index is 13.8. The number of pyridine rings is 1. The van der Waals surface area contributed by atoms with E-state index in [9.17, 15) is 8.78 Å². The Kier molecular flexibility index (Phi) is 4.14. The van der Waals surface area contributed by atoms with E-state index in [1.807, 2.05) is 32.0 Å². The van der Waals surface area contributed by atoms with Crippen molar-refractivity contribution in [3.63, 3.8) is 0 Å². The van der Waals surface area contributed by atoms with Crippen molar-refractivity contribution in [3.05, 3.63) is 76.4 Å². The second kappa shape index (κ2) is 6.09. The molecule has 3 aromatic rings. The first-order valence-corrected chi connectivity index (χ1v) is 7.52. The lowest BCUT2D eigenvalue weighted by Crippen LogP contribution is -1.92. The van der Waals surface area contributed by atoms with E-state index in [2.05, 4.69) is 4.98 Å². The summed E-state index contributed by atoms with van der Waals surface area (Å²) in [6.07, 6.45) is 1.70. The van der Waals surface area contributed by atoms with Gasteiger partial charge in [-0.1, -0.05) is 17.7 Å². The minimum atomic E-state index is -0.621. The first-order valence-electron chi connectivity index (χ1n) is 7.14. The van der Waals surface area contributed by atoms with Crippen molar-refractivity contribution in [1.82, 2.24) is 4.98 Å². The molecule has 23 heavy (non-hydrogen) atoms. The molecule has 0 N–H and O–H groups in total. The van der Waals surface area contributed by atoms with Crippen LogP contribution in [-0.2, 0) is 0 Å². The Morgan fingerprint density at radius 3 is 2.17 bits per heavy atom. The summed E-state index contributed by atoms with van der Waals surface area (Å²) in [5, 5.41) is 0.696. The van der Waals surface area contributed by atoms with E-state index in [4.69, 9.17) is 11.6 Å². The molecule has 1 heterocycles. The average molecular weight is 330 g/mol. The molecule has 0 bridgehead atoms. The number of aromatic nitrogens is 1. The average Bonchev–Trinajstić information content (AvgIpc) is 2.47. The van der Waals surface area contributed by atoms with Crippen LogP contribution in [0.5, 0.6) is 0 Å². The van der Waals surface area contributed by atoms with E-state index in [-0.39, 0.29) is 5.56 Å². The highest BCUT2D eigenvalue weighted by atomic mass is 35.5. The van der Waals surface area contributed by atoms with Crippen LogP contribution in [0.15, 0.2) is 48.7 Å². The van der Waals surface area contributed by atoms with Crippen molar-refractivity contribution in [2.75, 3.05) is 0 Å².